The van der Waals surface area contributed by atoms with Crippen molar-refractivity contribution < 1.29 is 28.2 Å². The van der Waals surface area contributed by atoms with E-state index >= 15 is 0 Å². The first-order chi connectivity index (χ1) is 20.5. The molecule has 2 aromatic rings. The molecule has 2 fully saturated rings. The summed E-state index contributed by atoms with van der Waals surface area (Å²) < 4.78 is 30.4. The summed E-state index contributed by atoms with van der Waals surface area (Å²) in [5, 5.41) is 26.6. The summed E-state index contributed by atoms with van der Waals surface area (Å²) in [6, 6.07) is 11.2. The van der Waals surface area contributed by atoms with E-state index in [9.17, 15) is 23.4 Å². The molecule has 0 amide bonds. The number of benzene rings is 2. The zero-order valence-electron chi connectivity index (χ0n) is 24.3. The molecule has 3 aliphatic carbocycles. The van der Waals surface area contributed by atoms with Crippen LogP contribution in [0, 0.1) is 17.8 Å². The monoisotopic (exact) mass is 628 g/mol. The number of carboxylic acids is 1. The number of aliphatic hydroxyl groups excluding tert-OH is 1. The molecule has 0 aromatic heterocycles. The number of aryl methyl sites for hydroxylation is 1. The van der Waals surface area contributed by atoms with Gasteiger partial charge in [-0.1, -0.05) is 36.2 Å². The van der Waals surface area contributed by atoms with E-state index in [0.717, 1.165) is 55.7 Å². The van der Waals surface area contributed by atoms with Gasteiger partial charge in [0.05, 0.1) is 29.2 Å². The lowest BCUT2D eigenvalue weighted by Gasteiger charge is -2.45. The number of sulfonamides is 1. The van der Waals surface area contributed by atoms with Gasteiger partial charge in [0, 0.05) is 23.5 Å². The molecule has 0 radical (unpaired) electrons. The number of carbonyl (C=O) groups is 1. The van der Waals surface area contributed by atoms with E-state index in [-0.39, 0.29) is 28.7 Å². The van der Waals surface area contributed by atoms with Gasteiger partial charge in [0.25, 0.3) is 0 Å². The molecule has 232 valence electrons. The fourth-order valence-electron chi connectivity index (χ4n) is 8.04. The number of hydrogen-bond donors (Lipinski definition) is 3. The first kappa shape index (κ1) is 30.4. The summed E-state index contributed by atoms with van der Waals surface area (Å²) in [5.41, 5.74) is 3.23. The SMILES string of the molecule is NS(=O)(=O)[C@H]1CCC[C@@H]1C/C=C/[C@H](O)[C@@H]1CC[C@H]1CN1C[C@@]2(CCCc3cc(Cl)ccc32)COc2ccc(C(=O)O)cc21. The average Bonchev–Trinajstić information content (AvgIpc) is 3.37. The molecule has 4 aliphatic rings. The minimum Gasteiger partial charge on any atom is -0.490 e. The summed E-state index contributed by atoms with van der Waals surface area (Å²) in [7, 11) is -3.56. The van der Waals surface area contributed by atoms with Crippen molar-refractivity contribution in [3.05, 3.63) is 70.3 Å². The standard InChI is InChI=1S/C33H41ClN2O6S/c34-25-11-13-27-22(16-25)6-3-15-33(27)19-36(28-17-23(32(38)39)10-14-30(28)42-20-33)18-24-9-12-26(24)29(37)7-1-4-21-5-2-8-31(21)43(35,40)41/h1,7,10-11,13-14,16-17,21,24,26,29,31,37H,2-6,8-9,12,15,18-20H2,(H,38,39)(H2,35,40,41)/b7-1+/t21-,24-,26+,29-,31-,33-/m0/s1. The number of rotatable bonds is 8. The van der Waals surface area contributed by atoms with Crippen LogP contribution in [-0.4, -0.2) is 55.7 Å². The molecule has 8 nitrogen and oxygen atoms in total. The Kier molecular flexibility index (Phi) is 8.54. The number of nitrogens with two attached hydrogens (primary N) is 1. The van der Waals surface area contributed by atoms with Crippen molar-refractivity contribution in [1.29, 1.82) is 0 Å². The van der Waals surface area contributed by atoms with Crippen LogP contribution in [0.2, 0.25) is 5.02 Å². The zero-order valence-corrected chi connectivity index (χ0v) is 25.9. The first-order valence-corrected chi connectivity index (χ1v) is 17.4. The van der Waals surface area contributed by atoms with Crippen LogP contribution in [0.1, 0.15) is 72.9 Å². The van der Waals surface area contributed by atoms with Gasteiger partial charge >= 0.3 is 5.97 Å². The van der Waals surface area contributed by atoms with E-state index in [1.165, 1.54) is 11.1 Å². The molecule has 0 unspecified atom stereocenters. The summed E-state index contributed by atoms with van der Waals surface area (Å²) in [6.45, 7) is 1.86. The van der Waals surface area contributed by atoms with E-state index in [2.05, 4.69) is 17.0 Å². The van der Waals surface area contributed by atoms with Gasteiger partial charge in [-0.3, -0.25) is 0 Å². The van der Waals surface area contributed by atoms with Crippen molar-refractivity contribution in [2.24, 2.45) is 22.9 Å². The highest BCUT2D eigenvalue weighted by molar-refractivity contribution is 7.89. The van der Waals surface area contributed by atoms with Crippen LogP contribution in [0.5, 0.6) is 5.75 Å². The zero-order chi connectivity index (χ0) is 30.4. The van der Waals surface area contributed by atoms with Crippen molar-refractivity contribution in [1.82, 2.24) is 0 Å². The van der Waals surface area contributed by atoms with Crippen LogP contribution in [0.15, 0.2) is 48.6 Å². The molecule has 0 bridgehead atoms. The molecular formula is C33H41ClN2O6S. The number of fused-ring (bicyclic) bond motifs is 3. The van der Waals surface area contributed by atoms with Crippen molar-refractivity contribution in [2.75, 3.05) is 24.6 Å². The van der Waals surface area contributed by atoms with Gasteiger partial charge in [0.15, 0.2) is 0 Å². The fraction of sp³-hybridized carbons (Fsp3) is 0.545. The largest absolute Gasteiger partial charge is 0.490 e. The third kappa shape index (κ3) is 6.19. The van der Waals surface area contributed by atoms with E-state index in [4.69, 9.17) is 21.5 Å². The quantitative estimate of drug-likeness (QED) is 0.338. The Morgan fingerprint density at radius 2 is 1.98 bits per heavy atom. The minimum absolute atomic E-state index is 0.00267. The van der Waals surface area contributed by atoms with Crippen molar-refractivity contribution >= 4 is 33.3 Å². The van der Waals surface area contributed by atoms with Gasteiger partial charge in [-0.15, -0.1) is 0 Å². The van der Waals surface area contributed by atoms with Crippen molar-refractivity contribution in [3.63, 3.8) is 0 Å². The molecule has 1 spiro atoms. The van der Waals surface area contributed by atoms with E-state index in [1.54, 1.807) is 18.2 Å². The van der Waals surface area contributed by atoms with Crippen molar-refractivity contribution in [3.8, 4) is 5.75 Å². The van der Waals surface area contributed by atoms with Crippen LogP contribution in [0.4, 0.5) is 5.69 Å². The summed E-state index contributed by atoms with van der Waals surface area (Å²) in [5.74, 6) is -0.0173. The van der Waals surface area contributed by atoms with Crippen LogP contribution in [-0.2, 0) is 21.9 Å². The van der Waals surface area contributed by atoms with Gasteiger partial charge in [-0.25, -0.2) is 18.4 Å². The molecule has 2 aromatic carbocycles. The van der Waals surface area contributed by atoms with E-state index in [0.29, 0.717) is 38.3 Å². The average molecular weight is 629 g/mol. The summed E-state index contributed by atoms with van der Waals surface area (Å²) in [6.07, 6.45) is 10.8. The molecule has 1 aliphatic heterocycles. The Labute approximate surface area is 258 Å². The Hall–Kier alpha value is -2.59. The molecule has 0 saturated heterocycles. The third-order valence-corrected chi connectivity index (χ3v) is 12.1. The highest BCUT2D eigenvalue weighted by atomic mass is 35.5. The molecule has 10 heteroatoms. The number of primary sulfonamides is 1. The molecule has 1 heterocycles. The second kappa shape index (κ2) is 12.1. The van der Waals surface area contributed by atoms with Crippen molar-refractivity contribution in [2.45, 2.75) is 74.6 Å². The van der Waals surface area contributed by atoms with Crippen LogP contribution in [0.25, 0.3) is 0 Å². The number of ether oxygens (including phenoxy) is 1. The molecule has 6 atom stereocenters. The number of hydrogen-bond acceptors (Lipinski definition) is 6. The molecule has 4 N–H and O–H groups in total. The van der Waals surface area contributed by atoms with Crippen LogP contribution in [0.3, 0.4) is 0 Å². The van der Waals surface area contributed by atoms with Gasteiger partial charge < -0.3 is 19.8 Å². The van der Waals surface area contributed by atoms with Gasteiger partial charge in [0.2, 0.25) is 10.0 Å². The lowest BCUT2D eigenvalue weighted by Crippen LogP contribution is -2.49. The Morgan fingerprint density at radius 1 is 1.14 bits per heavy atom. The second-order valence-electron chi connectivity index (χ2n) is 13.1. The number of aliphatic hydroxyl groups is 1. The summed E-state index contributed by atoms with van der Waals surface area (Å²) >= 11 is 6.37. The maximum atomic E-state index is 12.0. The highest BCUT2D eigenvalue weighted by Crippen LogP contribution is 2.46. The number of halogens is 1. The lowest BCUT2D eigenvalue weighted by atomic mass is 9.68. The van der Waals surface area contributed by atoms with E-state index in [1.807, 2.05) is 18.2 Å². The molecular weight excluding hydrogens is 588 g/mol. The van der Waals surface area contributed by atoms with E-state index < -0.39 is 27.3 Å². The van der Waals surface area contributed by atoms with Crippen LogP contribution >= 0.6 is 11.6 Å². The number of aromatic carboxylic acids is 1. The third-order valence-electron chi connectivity index (χ3n) is 10.4. The maximum absolute atomic E-state index is 12.0. The number of carboxylic acid groups (broad SMARTS) is 1. The normalized spacial score (nSPS) is 29.4. The number of anilines is 1. The molecule has 43 heavy (non-hydrogen) atoms. The van der Waals surface area contributed by atoms with Gasteiger partial charge in [-0.05, 0) is 111 Å². The Balaban J connectivity index is 1.22. The fourth-order valence-corrected chi connectivity index (χ4v) is 9.52. The summed E-state index contributed by atoms with van der Waals surface area (Å²) in [4.78, 5) is 14.2. The first-order valence-electron chi connectivity index (χ1n) is 15.4. The number of allylic oxidation sites excluding steroid dienone is 1. The minimum atomic E-state index is -3.56. The lowest BCUT2D eigenvalue weighted by molar-refractivity contribution is 0.0455. The maximum Gasteiger partial charge on any atom is 0.335 e. The Morgan fingerprint density at radius 3 is 2.72 bits per heavy atom. The predicted octanol–water partition coefficient (Wildman–Crippen LogP) is 5.30. The topological polar surface area (TPSA) is 130 Å². The second-order valence-corrected chi connectivity index (χ2v) is 15.3. The smallest absolute Gasteiger partial charge is 0.335 e. The highest BCUT2D eigenvalue weighted by Gasteiger charge is 2.44. The number of nitrogens with zero attached hydrogens (tertiary/aromatic N) is 1. The Bertz CT molecular complexity index is 1510. The van der Waals surface area contributed by atoms with Gasteiger partial charge in [0.1, 0.15) is 5.75 Å². The molecule has 2 saturated carbocycles. The van der Waals surface area contributed by atoms with Gasteiger partial charge in [-0.2, -0.15) is 0 Å². The predicted molar refractivity (Wildman–Crippen MR) is 167 cm³/mol. The van der Waals surface area contributed by atoms with Crippen LogP contribution < -0.4 is 14.8 Å². The molecule has 6 rings (SSSR count).